The molecule has 0 aliphatic carbocycles. The third-order valence-corrected chi connectivity index (χ3v) is 6.59. The molecule has 1 N–H and O–H groups in total. The molecule has 2 aromatic rings. The van der Waals surface area contributed by atoms with Gasteiger partial charge in [0.1, 0.15) is 6.04 Å². The van der Waals surface area contributed by atoms with Gasteiger partial charge in [0, 0.05) is 24.1 Å². The van der Waals surface area contributed by atoms with E-state index in [1.165, 1.54) is 4.31 Å². The zero-order chi connectivity index (χ0) is 18.7. The maximum Gasteiger partial charge on any atom is 0.242 e. The van der Waals surface area contributed by atoms with Crippen LogP contribution in [0.5, 0.6) is 0 Å². The number of hydrogen-bond acceptors (Lipinski definition) is 4. The molecule has 0 spiro atoms. The summed E-state index contributed by atoms with van der Waals surface area (Å²) in [6.07, 6.45) is 3.51. The molecule has 26 heavy (non-hydrogen) atoms. The van der Waals surface area contributed by atoms with Gasteiger partial charge in [0.15, 0.2) is 0 Å². The molecule has 1 amide bonds. The number of amides is 1. The van der Waals surface area contributed by atoms with Gasteiger partial charge < -0.3 is 5.32 Å². The number of rotatable bonds is 6. The molecule has 0 radical (unpaired) electrons. The summed E-state index contributed by atoms with van der Waals surface area (Å²) in [5, 5.41) is 7.13. The van der Waals surface area contributed by atoms with Crippen LogP contribution < -0.4 is 5.32 Å². The van der Waals surface area contributed by atoms with Crippen molar-refractivity contribution < 1.29 is 13.2 Å². The zero-order valence-electron chi connectivity index (χ0n) is 15.1. The van der Waals surface area contributed by atoms with Crippen molar-refractivity contribution in [1.82, 2.24) is 14.1 Å². The number of nitrogens with one attached hydrogen (secondary N) is 1. The lowest BCUT2D eigenvalue weighted by molar-refractivity contribution is -0.119. The molecule has 1 aliphatic heterocycles. The first-order chi connectivity index (χ1) is 12.4. The Morgan fingerprint density at radius 1 is 1.35 bits per heavy atom. The second-order valence-electron chi connectivity index (χ2n) is 6.51. The second-order valence-corrected chi connectivity index (χ2v) is 8.55. The number of aryl methyl sites for hydroxylation is 1. The van der Waals surface area contributed by atoms with Gasteiger partial charge in [-0.2, -0.15) is 9.40 Å². The summed E-state index contributed by atoms with van der Waals surface area (Å²) in [5.74, 6) is -0.207. The summed E-state index contributed by atoms with van der Waals surface area (Å²) in [5.41, 5.74) is 2.45. The highest BCUT2D eigenvalue weighted by molar-refractivity contribution is 7.89. The molecule has 2 heterocycles. The van der Waals surface area contributed by atoms with Crippen LogP contribution >= 0.6 is 0 Å². The molecular weight excluding hydrogens is 352 g/mol. The van der Waals surface area contributed by atoms with Crippen LogP contribution in [0.2, 0.25) is 0 Å². The molecule has 1 aliphatic rings. The molecule has 7 nitrogen and oxygen atoms in total. The SMILES string of the molecule is CCCS(=O)(=O)N1CCCC1C(=O)Nc1cccc(-n2nccc2C)c1. The van der Waals surface area contributed by atoms with Crippen molar-refractivity contribution in [2.45, 2.75) is 39.2 Å². The summed E-state index contributed by atoms with van der Waals surface area (Å²) in [6, 6.07) is 8.63. The Hall–Kier alpha value is -2.19. The number of carbonyl (C=O) groups excluding carboxylic acids is 1. The molecule has 8 heteroatoms. The van der Waals surface area contributed by atoms with Crippen LogP contribution in [-0.2, 0) is 14.8 Å². The Morgan fingerprint density at radius 2 is 2.15 bits per heavy atom. The highest BCUT2D eigenvalue weighted by Crippen LogP contribution is 2.24. The highest BCUT2D eigenvalue weighted by atomic mass is 32.2. The maximum absolute atomic E-state index is 12.7. The van der Waals surface area contributed by atoms with E-state index in [4.69, 9.17) is 0 Å². The Morgan fingerprint density at radius 3 is 2.85 bits per heavy atom. The van der Waals surface area contributed by atoms with Gasteiger partial charge in [-0.05, 0) is 50.5 Å². The predicted molar refractivity (Wildman–Crippen MR) is 101 cm³/mol. The van der Waals surface area contributed by atoms with Crippen LogP contribution in [0, 0.1) is 6.92 Å². The number of nitrogens with zero attached hydrogens (tertiary/aromatic N) is 3. The fourth-order valence-corrected chi connectivity index (χ4v) is 5.04. The number of hydrogen-bond donors (Lipinski definition) is 1. The van der Waals surface area contributed by atoms with Gasteiger partial charge >= 0.3 is 0 Å². The third kappa shape index (κ3) is 3.81. The van der Waals surface area contributed by atoms with Crippen molar-refractivity contribution in [3.8, 4) is 5.69 Å². The minimum Gasteiger partial charge on any atom is -0.325 e. The van der Waals surface area contributed by atoms with Crippen LogP contribution in [0.25, 0.3) is 5.69 Å². The fourth-order valence-electron chi connectivity index (χ4n) is 3.29. The van der Waals surface area contributed by atoms with E-state index < -0.39 is 16.1 Å². The van der Waals surface area contributed by atoms with Crippen molar-refractivity contribution in [1.29, 1.82) is 0 Å². The number of anilines is 1. The van der Waals surface area contributed by atoms with Crippen molar-refractivity contribution in [3.05, 3.63) is 42.2 Å². The van der Waals surface area contributed by atoms with E-state index in [9.17, 15) is 13.2 Å². The van der Waals surface area contributed by atoms with Gasteiger partial charge in [-0.1, -0.05) is 13.0 Å². The quantitative estimate of drug-likeness (QED) is 0.838. The van der Waals surface area contributed by atoms with Gasteiger partial charge in [0.05, 0.1) is 11.4 Å². The first-order valence-corrected chi connectivity index (χ1v) is 10.4. The molecule has 1 fully saturated rings. The van der Waals surface area contributed by atoms with Crippen molar-refractivity contribution in [3.63, 3.8) is 0 Å². The van der Waals surface area contributed by atoms with E-state index in [1.807, 2.05) is 38.1 Å². The Bertz CT molecular complexity index is 891. The monoisotopic (exact) mass is 376 g/mol. The average molecular weight is 376 g/mol. The number of sulfonamides is 1. The molecule has 0 saturated carbocycles. The van der Waals surface area contributed by atoms with E-state index in [-0.39, 0.29) is 11.7 Å². The Kier molecular flexibility index (Phi) is 5.43. The summed E-state index contributed by atoms with van der Waals surface area (Å²) in [7, 11) is -3.39. The minimum absolute atomic E-state index is 0.0742. The van der Waals surface area contributed by atoms with Gasteiger partial charge in [-0.3, -0.25) is 4.79 Å². The van der Waals surface area contributed by atoms with Gasteiger partial charge in [-0.15, -0.1) is 0 Å². The molecule has 140 valence electrons. The lowest BCUT2D eigenvalue weighted by Crippen LogP contribution is -2.44. The van der Waals surface area contributed by atoms with Crippen LogP contribution in [0.1, 0.15) is 31.9 Å². The second kappa shape index (κ2) is 7.59. The van der Waals surface area contributed by atoms with Crippen molar-refractivity contribution >= 4 is 21.6 Å². The van der Waals surface area contributed by atoms with E-state index in [2.05, 4.69) is 10.4 Å². The van der Waals surface area contributed by atoms with Crippen LogP contribution in [0.4, 0.5) is 5.69 Å². The predicted octanol–water partition coefficient (Wildman–Crippen LogP) is 2.32. The molecule has 1 atom stereocenters. The molecule has 1 aromatic heterocycles. The molecule has 0 bridgehead atoms. The standard InChI is InChI=1S/C18H24N4O3S/c1-3-12-26(24,25)21-11-5-8-17(21)18(23)20-15-6-4-7-16(13-15)22-14(2)9-10-19-22/h4,6-7,9-10,13,17H,3,5,8,11-12H2,1-2H3,(H,20,23). The summed E-state index contributed by atoms with van der Waals surface area (Å²) < 4.78 is 27.9. The van der Waals surface area contributed by atoms with E-state index in [0.717, 1.165) is 11.4 Å². The minimum atomic E-state index is -3.39. The third-order valence-electron chi connectivity index (χ3n) is 4.52. The summed E-state index contributed by atoms with van der Waals surface area (Å²) >= 11 is 0. The summed E-state index contributed by atoms with van der Waals surface area (Å²) in [6.45, 7) is 4.19. The Labute approximate surface area is 154 Å². The Balaban J connectivity index is 1.77. The first kappa shape index (κ1) is 18.6. The molecule has 1 aromatic carbocycles. The highest BCUT2D eigenvalue weighted by Gasteiger charge is 2.38. The van der Waals surface area contributed by atoms with E-state index >= 15 is 0 Å². The molecular formula is C18H24N4O3S. The van der Waals surface area contributed by atoms with Gasteiger partial charge in [0.2, 0.25) is 15.9 Å². The zero-order valence-corrected chi connectivity index (χ0v) is 15.9. The van der Waals surface area contributed by atoms with Crippen molar-refractivity contribution in [2.75, 3.05) is 17.6 Å². The smallest absolute Gasteiger partial charge is 0.242 e. The molecule has 1 saturated heterocycles. The van der Waals surface area contributed by atoms with Crippen LogP contribution in [-0.4, -0.2) is 46.8 Å². The largest absolute Gasteiger partial charge is 0.325 e. The number of benzene rings is 1. The normalized spacial score (nSPS) is 18.2. The fraction of sp³-hybridized carbons (Fsp3) is 0.444. The lowest BCUT2D eigenvalue weighted by atomic mass is 10.2. The average Bonchev–Trinajstić information content (AvgIpc) is 3.24. The summed E-state index contributed by atoms with van der Waals surface area (Å²) in [4.78, 5) is 12.7. The van der Waals surface area contributed by atoms with Gasteiger partial charge in [-0.25, -0.2) is 13.1 Å². The van der Waals surface area contributed by atoms with E-state index in [0.29, 0.717) is 31.5 Å². The maximum atomic E-state index is 12.7. The van der Waals surface area contributed by atoms with Crippen LogP contribution in [0.3, 0.4) is 0 Å². The molecule has 3 rings (SSSR count). The van der Waals surface area contributed by atoms with Crippen molar-refractivity contribution in [2.24, 2.45) is 0 Å². The van der Waals surface area contributed by atoms with E-state index in [1.54, 1.807) is 16.9 Å². The lowest BCUT2D eigenvalue weighted by Gasteiger charge is -2.23. The molecule has 1 unspecified atom stereocenters. The van der Waals surface area contributed by atoms with Crippen LogP contribution in [0.15, 0.2) is 36.5 Å². The number of aromatic nitrogens is 2. The van der Waals surface area contributed by atoms with Gasteiger partial charge in [0.25, 0.3) is 0 Å². The topological polar surface area (TPSA) is 84.3 Å². The first-order valence-electron chi connectivity index (χ1n) is 8.84. The number of carbonyl (C=O) groups is 1.